The van der Waals surface area contributed by atoms with Crippen LogP contribution in [0.1, 0.15) is 5.56 Å². The normalized spacial score (nSPS) is 10.5. The van der Waals surface area contributed by atoms with Gasteiger partial charge in [-0.15, -0.1) is 0 Å². The molecule has 0 amide bonds. The molecule has 1 heterocycles. The summed E-state index contributed by atoms with van der Waals surface area (Å²) in [5.74, 6) is 0.0951. The van der Waals surface area contributed by atoms with Crippen LogP contribution in [0.4, 0.5) is 0 Å². The third kappa shape index (κ3) is 2.56. The van der Waals surface area contributed by atoms with Gasteiger partial charge >= 0.3 is 0 Å². The zero-order chi connectivity index (χ0) is 14.8. The summed E-state index contributed by atoms with van der Waals surface area (Å²) in [4.78, 5) is 19.1. The summed E-state index contributed by atoms with van der Waals surface area (Å²) in [5, 5.41) is 10.1. The number of hydrogen-bond acceptors (Lipinski definition) is 3. The number of rotatable bonds is 2. The maximum atomic E-state index is 12.2. The van der Waals surface area contributed by atoms with E-state index in [1.807, 2.05) is 49.4 Å². The van der Waals surface area contributed by atoms with E-state index < -0.39 is 0 Å². The average molecular weight is 278 g/mol. The molecule has 0 bridgehead atoms. The lowest BCUT2D eigenvalue weighted by Crippen LogP contribution is -2.12. The summed E-state index contributed by atoms with van der Waals surface area (Å²) in [6, 6.07) is 16.6. The highest BCUT2D eigenvalue weighted by molar-refractivity contribution is 5.69. The molecule has 0 spiro atoms. The third-order valence-corrected chi connectivity index (χ3v) is 3.29. The van der Waals surface area contributed by atoms with Crippen molar-refractivity contribution in [1.29, 1.82) is 0 Å². The van der Waals surface area contributed by atoms with Crippen molar-refractivity contribution < 1.29 is 5.11 Å². The van der Waals surface area contributed by atoms with Crippen molar-refractivity contribution in [2.24, 2.45) is 0 Å². The minimum atomic E-state index is -0.357. The summed E-state index contributed by atoms with van der Waals surface area (Å²) in [6.45, 7) is 1.98. The molecule has 2 N–H and O–H groups in total. The summed E-state index contributed by atoms with van der Waals surface area (Å²) in [7, 11) is 0. The molecule has 0 unspecified atom stereocenters. The minimum Gasteiger partial charge on any atom is -0.493 e. The molecule has 0 aliphatic heterocycles. The number of nitrogens with zero attached hydrogens (tertiary/aromatic N) is 1. The molecule has 0 fully saturated rings. The molecule has 4 nitrogen and oxygen atoms in total. The van der Waals surface area contributed by atoms with E-state index in [0.29, 0.717) is 11.4 Å². The van der Waals surface area contributed by atoms with Crippen molar-refractivity contribution in [3.05, 3.63) is 70.5 Å². The van der Waals surface area contributed by atoms with Gasteiger partial charge < -0.3 is 10.1 Å². The minimum absolute atomic E-state index is 0.187. The number of H-pyrrole nitrogens is 1. The molecule has 3 rings (SSSR count). The van der Waals surface area contributed by atoms with E-state index in [9.17, 15) is 9.90 Å². The van der Waals surface area contributed by atoms with Gasteiger partial charge in [-0.2, -0.15) is 4.98 Å². The molecule has 4 heteroatoms. The van der Waals surface area contributed by atoms with Crippen molar-refractivity contribution in [3.63, 3.8) is 0 Å². The predicted octanol–water partition coefficient (Wildman–Crippen LogP) is 3.12. The third-order valence-electron chi connectivity index (χ3n) is 3.29. The van der Waals surface area contributed by atoms with Gasteiger partial charge in [0.2, 0.25) is 5.88 Å². The number of aryl methyl sites for hydroxylation is 1. The molecule has 0 aliphatic carbocycles. The number of aromatic nitrogens is 2. The van der Waals surface area contributed by atoms with Crippen LogP contribution in [0.25, 0.3) is 22.5 Å². The summed E-state index contributed by atoms with van der Waals surface area (Å²) >= 11 is 0. The van der Waals surface area contributed by atoms with Gasteiger partial charge in [0, 0.05) is 5.56 Å². The Morgan fingerprint density at radius 3 is 2.24 bits per heavy atom. The van der Waals surface area contributed by atoms with Crippen molar-refractivity contribution in [2.75, 3.05) is 0 Å². The Hall–Kier alpha value is -2.88. The molecular formula is C17H14N2O2. The first kappa shape index (κ1) is 13.1. The van der Waals surface area contributed by atoms with Gasteiger partial charge in [-0.1, -0.05) is 60.2 Å². The van der Waals surface area contributed by atoms with Crippen molar-refractivity contribution in [3.8, 4) is 28.4 Å². The molecule has 1 aromatic heterocycles. The Bertz CT molecular complexity index is 822. The van der Waals surface area contributed by atoms with E-state index in [0.717, 1.165) is 11.1 Å². The highest BCUT2D eigenvalue weighted by Gasteiger charge is 2.13. The predicted molar refractivity (Wildman–Crippen MR) is 82.1 cm³/mol. The van der Waals surface area contributed by atoms with Crippen LogP contribution in [0.3, 0.4) is 0 Å². The molecule has 0 atom stereocenters. The smallest absolute Gasteiger partial charge is 0.262 e. The monoisotopic (exact) mass is 278 g/mol. The van der Waals surface area contributed by atoms with E-state index in [-0.39, 0.29) is 17.0 Å². The Kier molecular flexibility index (Phi) is 3.28. The first-order chi connectivity index (χ1) is 10.1. The zero-order valence-electron chi connectivity index (χ0n) is 11.5. The van der Waals surface area contributed by atoms with Crippen molar-refractivity contribution >= 4 is 0 Å². The second-order valence-electron chi connectivity index (χ2n) is 4.85. The number of hydrogen-bond donors (Lipinski definition) is 2. The summed E-state index contributed by atoms with van der Waals surface area (Å²) < 4.78 is 0. The van der Waals surface area contributed by atoms with Gasteiger partial charge in [0.05, 0.1) is 0 Å². The van der Waals surface area contributed by atoms with Gasteiger partial charge in [0.15, 0.2) is 0 Å². The van der Waals surface area contributed by atoms with Crippen LogP contribution in [0.15, 0.2) is 59.4 Å². The lowest BCUT2D eigenvalue weighted by molar-refractivity contribution is 0.454. The quantitative estimate of drug-likeness (QED) is 0.757. The van der Waals surface area contributed by atoms with Gasteiger partial charge in [0.1, 0.15) is 11.4 Å². The fourth-order valence-corrected chi connectivity index (χ4v) is 2.17. The SMILES string of the molecule is Cc1ccc(-c2nc(O)c(-c3ccccc3)c(=O)[nH]2)cc1. The zero-order valence-corrected chi connectivity index (χ0v) is 11.5. The second kappa shape index (κ2) is 5.25. The van der Waals surface area contributed by atoms with E-state index in [1.165, 1.54) is 0 Å². The van der Waals surface area contributed by atoms with Gasteiger partial charge in [-0.05, 0) is 12.5 Å². The largest absolute Gasteiger partial charge is 0.493 e. The molecule has 3 aromatic rings. The van der Waals surface area contributed by atoms with E-state index in [2.05, 4.69) is 9.97 Å². The Balaban J connectivity index is 2.13. The molecule has 0 aliphatic rings. The van der Waals surface area contributed by atoms with Crippen LogP contribution in [0, 0.1) is 6.92 Å². The van der Waals surface area contributed by atoms with E-state index in [4.69, 9.17) is 0 Å². The van der Waals surface area contributed by atoms with E-state index in [1.54, 1.807) is 12.1 Å². The Morgan fingerprint density at radius 1 is 0.952 bits per heavy atom. The van der Waals surface area contributed by atoms with Crippen LogP contribution in [-0.4, -0.2) is 15.1 Å². The maximum Gasteiger partial charge on any atom is 0.262 e. The molecule has 21 heavy (non-hydrogen) atoms. The Morgan fingerprint density at radius 2 is 1.62 bits per heavy atom. The van der Waals surface area contributed by atoms with Crippen LogP contribution in [-0.2, 0) is 0 Å². The first-order valence-corrected chi connectivity index (χ1v) is 6.61. The highest BCUT2D eigenvalue weighted by Crippen LogP contribution is 2.25. The number of nitrogens with one attached hydrogen (secondary N) is 1. The van der Waals surface area contributed by atoms with Crippen LogP contribution < -0.4 is 5.56 Å². The molecule has 104 valence electrons. The van der Waals surface area contributed by atoms with Gasteiger partial charge in [0.25, 0.3) is 5.56 Å². The van der Waals surface area contributed by atoms with Crippen LogP contribution in [0.2, 0.25) is 0 Å². The van der Waals surface area contributed by atoms with Crippen LogP contribution in [0.5, 0.6) is 5.88 Å². The molecular weight excluding hydrogens is 264 g/mol. The maximum absolute atomic E-state index is 12.2. The fourth-order valence-electron chi connectivity index (χ4n) is 2.17. The standard InChI is InChI=1S/C17H14N2O2/c1-11-7-9-13(10-8-11)15-18-16(20)14(17(21)19-15)12-5-3-2-4-6-12/h2-10H,1H3,(H2,18,19,20,21). The fraction of sp³-hybridized carbons (Fsp3) is 0.0588. The lowest BCUT2D eigenvalue weighted by Gasteiger charge is -2.06. The number of aromatic hydroxyl groups is 1. The van der Waals surface area contributed by atoms with E-state index >= 15 is 0 Å². The highest BCUT2D eigenvalue weighted by atomic mass is 16.3. The topological polar surface area (TPSA) is 66.0 Å². The second-order valence-corrected chi connectivity index (χ2v) is 4.85. The molecule has 0 saturated heterocycles. The lowest BCUT2D eigenvalue weighted by atomic mass is 10.1. The first-order valence-electron chi connectivity index (χ1n) is 6.61. The molecule has 2 aromatic carbocycles. The van der Waals surface area contributed by atoms with Gasteiger partial charge in [-0.25, -0.2) is 0 Å². The number of benzene rings is 2. The Labute approximate surface area is 121 Å². The van der Waals surface area contributed by atoms with Crippen molar-refractivity contribution in [1.82, 2.24) is 9.97 Å². The molecule has 0 saturated carbocycles. The molecule has 0 radical (unpaired) electrons. The van der Waals surface area contributed by atoms with Crippen LogP contribution >= 0.6 is 0 Å². The summed E-state index contributed by atoms with van der Waals surface area (Å²) in [5.41, 5.74) is 2.34. The summed E-state index contributed by atoms with van der Waals surface area (Å²) in [6.07, 6.45) is 0. The van der Waals surface area contributed by atoms with Gasteiger partial charge in [-0.3, -0.25) is 4.79 Å². The average Bonchev–Trinajstić information content (AvgIpc) is 2.48. The van der Waals surface area contributed by atoms with Crippen molar-refractivity contribution in [2.45, 2.75) is 6.92 Å². The number of aromatic amines is 1.